The fourth-order valence-corrected chi connectivity index (χ4v) is 8.28. The third-order valence-electron chi connectivity index (χ3n) is 10.9. The van der Waals surface area contributed by atoms with E-state index in [9.17, 15) is 0 Å². The van der Waals surface area contributed by atoms with Crippen LogP contribution in [0.3, 0.4) is 0 Å². The molecule has 2 heterocycles. The average Bonchev–Trinajstić information content (AvgIpc) is 3.72. The van der Waals surface area contributed by atoms with E-state index in [-0.39, 0.29) is 16.2 Å². The molecular formula is C47H43NO2. The lowest BCUT2D eigenvalue weighted by molar-refractivity contribution is 0.559. The summed E-state index contributed by atoms with van der Waals surface area (Å²) in [5.41, 5.74) is 14.5. The molecule has 0 aliphatic heterocycles. The minimum absolute atomic E-state index is 0.0338. The van der Waals surface area contributed by atoms with E-state index in [1.807, 2.05) is 6.07 Å². The van der Waals surface area contributed by atoms with Gasteiger partial charge in [-0.3, -0.25) is 0 Å². The van der Waals surface area contributed by atoms with Crippen molar-refractivity contribution in [3.63, 3.8) is 0 Å². The van der Waals surface area contributed by atoms with Gasteiger partial charge in [0.2, 0.25) is 0 Å². The molecule has 1 aliphatic rings. The molecular weight excluding hydrogens is 611 g/mol. The molecule has 0 saturated carbocycles. The van der Waals surface area contributed by atoms with Gasteiger partial charge in [0.1, 0.15) is 22.3 Å². The summed E-state index contributed by atoms with van der Waals surface area (Å²) in [5.74, 6) is 0. The molecule has 0 radical (unpaired) electrons. The lowest BCUT2D eigenvalue weighted by Crippen LogP contribution is -2.16. The number of hydrogen-bond acceptors (Lipinski definition) is 3. The molecule has 0 unspecified atom stereocenters. The first-order chi connectivity index (χ1) is 23.8. The minimum atomic E-state index is -0.102. The normalized spacial score (nSPS) is 14.2. The van der Waals surface area contributed by atoms with E-state index in [1.165, 1.54) is 33.4 Å². The Balaban J connectivity index is 1.41. The zero-order chi connectivity index (χ0) is 34.7. The van der Waals surface area contributed by atoms with Crippen molar-refractivity contribution in [2.75, 3.05) is 4.90 Å². The summed E-state index contributed by atoms with van der Waals surface area (Å²) in [5, 5.41) is 4.46. The third-order valence-corrected chi connectivity index (χ3v) is 10.9. The van der Waals surface area contributed by atoms with Crippen molar-refractivity contribution in [3.8, 4) is 11.1 Å². The fraction of sp³-hybridized carbons (Fsp3) is 0.234. The molecule has 50 heavy (non-hydrogen) atoms. The topological polar surface area (TPSA) is 29.5 Å². The molecule has 0 bridgehead atoms. The maximum Gasteiger partial charge on any atom is 0.139 e. The van der Waals surface area contributed by atoms with E-state index in [0.29, 0.717) is 0 Å². The van der Waals surface area contributed by atoms with Crippen LogP contribution in [0, 0.1) is 0 Å². The van der Waals surface area contributed by atoms with E-state index >= 15 is 0 Å². The molecule has 0 N–H and O–H groups in total. The highest BCUT2D eigenvalue weighted by Crippen LogP contribution is 2.53. The first kappa shape index (κ1) is 30.8. The number of rotatable bonds is 3. The second kappa shape index (κ2) is 10.4. The molecule has 9 rings (SSSR count). The van der Waals surface area contributed by atoms with Gasteiger partial charge in [0.05, 0.1) is 22.1 Å². The van der Waals surface area contributed by atoms with Gasteiger partial charge in [-0.1, -0.05) is 122 Å². The number of para-hydroxylation sites is 1. The molecule has 0 amide bonds. The van der Waals surface area contributed by atoms with Crippen LogP contribution in [0.5, 0.6) is 0 Å². The Bertz CT molecular complexity index is 2650. The van der Waals surface area contributed by atoms with Crippen LogP contribution in [0.1, 0.15) is 77.6 Å². The summed E-state index contributed by atoms with van der Waals surface area (Å²) in [4.78, 5) is 2.44. The van der Waals surface area contributed by atoms with Crippen LogP contribution in [-0.4, -0.2) is 0 Å². The van der Waals surface area contributed by atoms with Crippen molar-refractivity contribution in [1.82, 2.24) is 0 Å². The van der Waals surface area contributed by atoms with Gasteiger partial charge in [0.25, 0.3) is 0 Å². The maximum absolute atomic E-state index is 6.89. The molecule has 6 aromatic carbocycles. The number of benzene rings is 6. The van der Waals surface area contributed by atoms with Crippen molar-refractivity contribution < 1.29 is 8.83 Å². The highest BCUT2D eigenvalue weighted by Gasteiger charge is 2.36. The Hall–Kier alpha value is -5.28. The van der Waals surface area contributed by atoms with Gasteiger partial charge in [0, 0.05) is 27.4 Å². The van der Waals surface area contributed by atoms with Crippen molar-refractivity contribution in [3.05, 3.63) is 138 Å². The molecule has 0 spiro atoms. The lowest BCUT2D eigenvalue weighted by atomic mass is 9.79. The maximum atomic E-state index is 6.89. The fourth-order valence-electron chi connectivity index (χ4n) is 8.28. The average molecular weight is 654 g/mol. The summed E-state index contributed by atoms with van der Waals surface area (Å²) >= 11 is 0. The molecule has 2 aromatic heterocycles. The first-order valence-electron chi connectivity index (χ1n) is 17.8. The number of nitrogens with zero attached hydrogens (tertiary/aromatic N) is 1. The monoisotopic (exact) mass is 653 g/mol. The summed E-state index contributed by atoms with van der Waals surface area (Å²) in [7, 11) is 0. The van der Waals surface area contributed by atoms with Gasteiger partial charge >= 0.3 is 0 Å². The van der Waals surface area contributed by atoms with Gasteiger partial charge in [0.15, 0.2) is 0 Å². The SMILES string of the molecule is CC(C)(C)c1cc(C(C)(C)C)c2oc3cccc(N(c4ccc5c(c4)-c4ccccc4C5(C)C)c4cccc5oc6ccccc6c45)c3c2c1. The summed E-state index contributed by atoms with van der Waals surface area (Å²) in [6.45, 7) is 18.4. The Labute approximate surface area is 294 Å². The Morgan fingerprint density at radius 3 is 1.86 bits per heavy atom. The van der Waals surface area contributed by atoms with E-state index in [0.717, 1.165) is 60.9 Å². The molecule has 0 atom stereocenters. The van der Waals surface area contributed by atoms with Crippen molar-refractivity contribution in [2.24, 2.45) is 0 Å². The number of fused-ring (bicyclic) bond motifs is 9. The van der Waals surface area contributed by atoms with E-state index in [1.54, 1.807) is 0 Å². The smallest absolute Gasteiger partial charge is 0.139 e. The third kappa shape index (κ3) is 4.42. The molecule has 8 aromatic rings. The van der Waals surface area contributed by atoms with Crippen molar-refractivity contribution in [1.29, 1.82) is 0 Å². The van der Waals surface area contributed by atoms with E-state index < -0.39 is 0 Å². The van der Waals surface area contributed by atoms with Crippen molar-refractivity contribution >= 4 is 60.9 Å². The number of anilines is 3. The second-order valence-corrected chi connectivity index (χ2v) is 16.6. The van der Waals surface area contributed by atoms with Gasteiger partial charge < -0.3 is 13.7 Å². The summed E-state index contributed by atoms with van der Waals surface area (Å²) in [6.07, 6.45) is 0. The highest BCUT2D eigenvalue weighted by molar-refractivity contribution is 6.18. The van der Waals surface area contributed by atoms with Gasteiger partial charge in [-0.25, -0.2) is 0 Å². The summed E-state index contributed by atoms with van der Waals surface area (Å²) in [6, 6.07) is 41.9. The quantitative estimate of drug-likeness (QED) is 0.190. The van der Waals surface area contributed by atoms with E-state index in [2.05, 4.69) is 169 Å². The molecule has 0 saturated heterocycles. The highest BCUT2D eigenvalue weighted by atomic mass is 16.3. The van der Waals surface area contributed by atoms with Gasteiger partial charge in [-0.05, 0) is 87.2 Å². The van der Waals surface area contributed by atoms with Crippen LogP contribution in [0.2, 0.25) is 0 Å². The lowest BCUT2D eigenvalue weighted by Gasteiger charge is -2.28. The Morgan fingerprint density at radius 1 is 0.520 bits per heavy atom. The second-order valence-electron chi connectivity index (χ2n) is 16.6. The molecule has 248 valence electrons. The van der Waals surface area contributed by atoms with Gasteiger partial charge in [-0.15, -0.1) is 0 Å². The van der Waals surface area contributed by atoms with Crippen LogP contribution in [0.25, 0.3) is 55.0 Å². The predicted molar refractivity (Wildman–Crippen MR) is 211 cm³/mol. The van der Waals surface area contributed by atoms with Crippen molar-refractivity contribution in [2.45, 2.75) is 71.6 Å². The predicted octanol–water partition coefficient (Wildman–Crippen LogP) is 13.9. The molecule has 3 nitrogen and oxygen atoms in total. The standard InChI is InChI=1S/C47H43NO2/c1-45(2,3)28-25-33-43-38(19-14-22-41(43)50-44(33)36(26-28)46(4,5)6)48(37-18-13-21-40-42(37)31-16-10-12-20-39(31)49-40)29-23-24-35-32(27-29)30-15-9-11-17-34(30)47(35,7)8/h9-27H,1-8H3. The Morgan fingerprint density at radius 2 is 1.14 bits per heavy atom. The van der Waals surface area contributed by atoms with Crippen LogP contribution in [-0.2, 0) is 16.2 Å². The van der Waals surface area contributed by atoms with Crippen LogP contribution < -0.4 is 4.90 Å². The summed E-state index contributed by atoms with van der Waals surface area (Å²) < 4.78 is 13.4. The Kier molecular flexibility index (Phi) is 6.38. The number of hydrogen-bond donors (Lipinski definition) is 0. The largest absolute Gasteiger partial charge is 0.456 e. The molecule has 3 heteroatoms. The van der Waals surface area contributed by atoms with Crippen LogP contribution in [0.4, 0.5) is 17.1 Å². The first-order valence-corrected chi connectivity index (χ1v) is 17.8. The minimum Gasteiger partial charge on any atom is -0.456 e. The zero-order valence-corrected chi connectivity index (χ0v) is 30.2. The molecule has 0 fully saturated rings. The van der Waals surface area contributed by atoms with Gasteiger partial charge in [-0.2, -0.15) is 0 Å². The van der Waals surface area contributed by atoms with E-state index in [4.69, 9.17) is 8.83 Å². The zero-order valence-electron chi connectivity index (χ0n) is 30.2. The molecule has 1 aliphatic carbocycles. The number of furan rings is 2. The van der Waals surface area contributed by atoms with Crippen LogP contribution in [0.15, 0.2) is 124 Å². The van der Waals surface area contributed by atoms with Crippen LogP contribution >= 0.6 is 0 Å².